The average Bonchev–Trinajstić information content (AvgIpc) is 2.06. The minimum absolute atomic E-state index is 0.583. The molecule has 0 unspecified atom stereocenters. The van der Waals surface area contributed by atoms with Crippen molar-refractivity contribution in [3.8, 4) is 0 Å². The zero-order chi connectivity index (χ0) is 8.86. The van der Waals surface area contributed by atoms with Gasteiger partial charge in [-0.1, -0.05) is 13.3 Å². The second-order valence-electron chi connectivity index (χ2n) is 3.56. The lowest BCUT2D eigenvalue weighted by molar-refractivity contribution is -0.0217. The van der Waals surface area contributed by atoms with Crippen LogP contribution >= 0.6 is 0 Å². The van der Waals surface area contributed by atoms with Gasteiger partial charge in [0.25, 0.3) is 0 Å². The van der Waals surface area contributed by atoms with Gasteiger partial charge in [-0.3, -0.25) is 5.32 Å². The first-order valence-corrected chi connectivity index (χ1v) is 4.95. The van der Waals surface area contributed by atoms with Crippen LogP contribution in [0.4, 0.5) is 0 Å². The first-order chi connectivity index (χ1) is 5.77. The summed E-state index contributed by atoms with van der Waals surface area (Å²) >= 11 is 0. The molecule has 0 atom stereocenters. The van der Waals surface area contributed by atoms with E-state index in [1.54, 1.807) is 0 Å². The van der Waals surface area contributed by atoms with Crippen molar-refractivity contribution in [3.05, 3.63) is 0 Å². The molecular formula is C9H20N2O. The van der Waals surface area contributed by atoms with Gasteiger partial charge < -0.3 is 10.4 Å². The molecule has 3 nitrogen and oxygen atoms in total. The van der Waals surface area contributed by atoms with Crippen LogP contribution in [-0.2, 0) is 0 Å². The standard InChI is InChI=1S/C9H20N2O/c1-2-3-6-11-9(12)4-7-10-8-5-9/h10-12H,2-8H2,1H3. The Balaban J connectivity index is 2.17. The normalized spacial score (nSPS) is 22.5. The maximum atomic E-state index is 9.95. The van der Waals surface area contributed by atoms with E-state index in [2.05, 4.69) is 17.6 Å². The van der Waals surface area contributed by atoms with E-state index in [1.165, 1.54) is 6.42 Å². The minimum atomic E-state index is -0.583. The summed E-state index contributed by atoms with van der Waals surface area (Å²) in [6, 6.07) is 0. The summed E-state index contributed by atoms with van der Waals surface area (Å²) in [5.41, 5.74) is -0.583. The molecule has 0 aromatic heterocycles. The SMILES string of the molecule is CCCCNC1(O)CCNCC1. The van der Waals surface area contributed by atoms with Crippen molar-refractivity contribution in [1.29, 1.82) is 0 Å². The van der Waals surface area contributed by atoms with Gasteiger partial charge in [0.05, 0.1) is 0 Å². The highest BCUT2D eigenvalue weighted by atomic mass is 16.3. The number of hydrogen-bond donors (Lipinski definition) is 3. The Hall–Kier alpha value is -0.120. The van der Waals surface area contributed by atoms with Crippen molar-refractivity contribution >= 4 is 0 Å². The van der Waals surface area contributed by atoms with Gasteiger partial charge in [-0.15, -0.1) is 0 Å². The van der Waals surface area contributed by atoms with Crippen LogP contribution in [-0.4, -0.2) is 30.5 Å². The van der Waals surface area contributed by atoms with E-state index in [-0.39, 0.29) is 0 Å². The predicted molar refractivity (Wildman–Crippen MR) is 50.0 cm³/mol. The second kappa shape index (κ2) is 4.80. The summed E-state index contributed by atoms with van der Waals surface area (Å²) in [7, 11) is 0. The zero-order valence-corrected chi connectivity index (χ0v) is 7.90. The molecular weight excluding hydrogens is 152 g/mol. The Morgan fingerprint density at radius 3 is 2.67 bits per heavy atom. The van der Waals surface area contributed by atoms with Crippen LogP contribution < -0.4 is 10.6 Å². The monoisotopic (exact) mass is 172 g/mol. The lowest BCUT2D eigenvalue weighted by Crippen LogP contribution is -2.52. The van der Waals surface area contributed by atoms with Crippen LogP contribution in [0.2, 0.25) is 0 Å². The molecule has 0 aromatic rings. The summed E-state index contributed by atoms with van der Waals surface area (Å²) in [5.74, 6) is 0. The van der Waals surface area contributed by atoms with Gasteiger partial charge in [0.2, 0.25) is 0 Å². The van der Waals surface area contributed by atoms with Crippen molar-refractivity contribution in [3.63, 3.8) is 0 Å². The second-order valence-corrected chi connectivity index (χ2v) is 3.56. The van der Waals surface area contributed by atoms with Gasteiger partial charge in [-0.2, -0.15) is 0 Å². The number of unbranched alkanes of at least 4 members (excludes halogenated alkanes) is 1. The molecule has 1 aliphatic heterocycles. The maximum absolute atomic E-state index is 9.95. The van der Waals surface area contributed by atoms with Crippen molar-refractivity contribution in [2.75, 3.05) is 19.6 Å². The van der Waals surface area contributed by atoms with Crippen LogP contribution in [0.25, 0.3) is 0 Å². The van der Waals surface area contributed by atoms with Crippen molar-refractivity contribution in [1.82, 2.24) is 10.6 Å². The van der Waals surface area contributed by atoms with E-state index in [0.717, 1.165) is 38.9 Å². The molecule has 1 aliphatic rings. The van der Waals surface area contributed by atoms with E-state index in [0.29, 0.717) is 0 Å². The average molecular weight is 172 g/mol. The first-order valence-electron chi connectivity index (χ1n) is 4.95. The van der Waals surface area contributed by atoms with Gasteiger partial charge in [0.1, 0.15) is 5.72 Å². The van der Waals surface area contributed by atoms with E-state index in [1.807, 2.05) is 0 Å². The Bertz CT molecular complexity index is 122. The first kappa shape index (κ1) is 9.96. The molecule has 1 fully saturated rings. The Labute approximate surface area is 74.5 Å². The van der Waals surface area contributed by atoms with Crippen molar-refractivity contribution < 1.29 is 5.11 Å². The summed E-state index contributed by atoms with van der Waals surface area (Å²) < 4.78 is 0. The molecule has 0 radical (unpaired) electrons. The smallest absolute Gasteiger partial charge is 0.118 e. The molecule has 0 saturated carbocycles. The molecule has 0 spiro atoms. The molecule has 72 valence electrons. The lowest BCUT2D eigenvalue weighted by atomic mass is 10.0. The van der Waals surface area contributed by atoms with E-state index >= 15 is 0 Å². The predicted octanol–water partition coefficient (Wildman–Crippen LogP) is 0.448. The third-order valence-electron chi connectivity index (χ3n) is 2.42. The van der Waals surface area contributed by atoms with Crippen LogP contribution in [0.15, 0.2) is 0 Å². The fourth-order valence-corrected chi connectivity index (χ4v) is 1.51. The quantitative estimate of drug-likeness (QED) is 0.426. The lowest BCUT2D eigenvalue weighted by Gasteiger charge is -2.33. The zero-order valence-electron chi connectivity index (χ0n) is 7.90. The van der Waals surface area contributed by atoms with Crippen molar-refractivity contribution in [2.24, 2.45) is 0 Å². The molecule has 1 saturated heterocycles. The van der Waals surface area contributed by atoms with Crippen LogP contribution in [0.1, 0.15) is 32.6 Å². The fourth-order valence-electron chi connectivity index (χ4n) is 1.51. The third-order valence-corrected chi connectivity index (χ3v) is 2.42. The largest absolute Gasteiger partial charge is 0.376 e. The highest BCUT2D eigenvalue weighted by molar-refractivity contribution is 4.81. The molecule has 3 heteroatoms. The molecule has 3 N–H and O–H groups in total. The molecule has 12 heavy (non-hydrogen) atoms. The molecule has 0 aromatic carbocycles. The number of nitrogens with one attached hydrogen (secondary N) is 2. The van der Waals surface area contributed by atoms with E-state index < -0.39 is 5.72 Å². The maximum Gasteiger partial charge on any atom is 0.118 e. The summed E-state index contributed by atoms with van der Waals surface area (Å²) in [6.07, 6.45) is 3.99. The molecule has 0 amide bonds. The Morgan fingerprint density at radius 1 is 1.42 bits per heavy atom. The summed E-state index contributed by atoms with van der Waals surface area (Å²) in [6.45, 7) is 4.95. The van der Waals surface area contributed by atoms with E-state index in [9.17, 15) is 5.11 Å². The van der Waals surface area contributed by atoms with Crippen LogP contribution in [0.5, 0.6) is 0 Å². The Kier molecular flexibility index (Phi) is 3.98. The highest BCUT2D eigenvalue weighted by Gasteiger charge is 2.27. The topological polar surface area (TPSA) is 44.3 Å². The molecule has 1 rings (SSSR count). The van der Waals surface area contributed by atoms with Crippen LogP contribution in [0.3, 0.4) is 0 Å². The van der Waals surface area contributed by atoms with Gasteiger partial charge in [0, 0.05) is 12.8 Å². The number of rotatable bonds is 4. The van der Waals surface area contributed by atoms with Crippen LogP contribution in [0, 0.1) is 0 Å². The summed E-state index contributed by atoms with van der Waals surface area (Å²) in [5, 5.41) is 16.4. The van der Waals surface area contributed by atoms with Crippen molar-refractivity contribution in [2.45, 2.75) is 38.3 Å². The molecule has 0 bridgehead atoms. The van der Waals surface area contributed by atoms with Gasteiger partial charge in [-0.25, -0.2) is 0 Å². The number of aliphatic hydroxyl groups is 1. The molecule has 1 heterocycles. The fraction of sp³-hybridized carbons (Fsp3) is 1.00. The van der Waals surface area contributed by atoms with Gasteiger partial charge in [-0.05, 0) is 26.1 Å². The highest BCUT2D eigenvalue weighted by Crippen LogP contribution is 2.13. The van der Waals surface area contributed by atoms with Gasteiger partial charge in [0.15, 0.2) is 0 Å². The molecule has 0 aliphatic carbocycles. The number of piperidine rings is 1. The minimum Gasteiger partial charge on any atom is -0.376 e. The Morgan fingerprint density at radius 2 is 2.08 bits per heavy atom. The van der Waals surface area contributed by atoms with E-state index in [4.69, 9.17) is 0 Å². The third kappa shape index (κ3) is 3.09. The van der Waals surface area contributed by atoms with Gasteiger partial charge >= 0.3 is 0 Å². The number of hydrogen-bond acceptors (Lipinski definition) is 3. The summed E-state index contributed by atoms with van der Waals surface area (Å²) in [4.78, 5) is 0.